The molecule has 1 aromatic carbocycles. The van der Waals surface area contributed by atoms with Crippen molar-refractivity contribution in [3.05, 3.63) is 29.8 Å². The highest BCUT2D eigenvalue weighted by atomic mass is 16.2. The fourth-order valence-corrected chi connectivity index (χ4v) is 3.17. The minimum Gasteiger partial charge on any atom is -0.325 e. The molecule has 5 nitrogen and oxygen atoms in total. The van der Waals surface area contributed by atoms with Crippen LogP contribution in [0, 0.1) is 5.92 Å². The van der Waals surface area contributed by atoms with Crippen LogP contribution in [0.2, 0.25) is 0 Å². The lowest BCUT2D eigenvalue weighted by atomic mass is 9.96. The number of benzene rings is 1. The summed E-state index contributed by atoms with van der Waals surface area (Å²) in [6, 6.07) is 7.27. The zero-order chi connectivity index (χ0) is 14.1. The number of anilines is 1. The third-order valence-electron chi connectivity index (χ3n) is 4.24. The number of carbonyl (C=O) groups excluding carboxylic acids is 2. The lowest BCUT2D eigenvalue weighted by Crippen LogP contribution is -2.42. The van der Waals surface area contributed by atoms with Crippen LogP contribution in [0.3, 0.4) is 0 Å². The molecule has 1 saturated carbocycles. The molecule has 0 aromatic heterocycles. The number of hydrogen-bond donors (Lipinski definition) is 3. The van der Waals surface area contributed by atoms with E-state index in [4.69, 9.17) is 0 Å². The summed E-state index contributed by atoms with van der Waals surface area (Å²) in [5.41, 5.74) is 7.57. The van der Waals surface area contributed by atoms with Crippen LogP contribution in [-0.2, 0) is 4.79 Å². The molecule has 0 spiro atoms. The van der Waals surface area contributed by atoms with Gasteiger partial charge in [0.25, 0.3) is 0 Å². The Bertz CT molecular complexity index is 544. The van der Waals surface area contributed by atoms with E-state index in [1.807, 2.05) is 0 Å². The predicted molar refractivity (Wildman–Crippen MR) is 76.3 cm³/mol. The van der Waals surface area contributed by atoms with E-state index in [-0.39, 0.29) is 17.7 Å². The predicted octanol–water partition coefficient (Wildman–Crippen LogP) is 1.47. The van der Waals surface area contributed by atoms with E-state index in [1.165, 1.54) is 13.3 Å². The number of Topliss-reactive ketones (excluding diaryl/α,β-unsaturated/α-hetero) is 1. The van der Waals surface area contributed by atoms with Crippen LogP contribution >= 0.6 is 0 Å². The molecular weight excluding hydrogens is 254 g/mol. The average Bonchev–Trinajstić information content (AvgIpc) is 3.00. The maximum Gasteiger partial charge on any atom is 0.243 e. The quantitative estimate of drug-likeness (QED) is 0.729. The molecule has 106 valence electrons. The summed E-state index contributed by atoms with van der Waals surface area (Å²) in [7, 11) is 0. The average molecular weight is 273 g/mol. The summed E-state index contributed by atoms with van der Waals surface area (Å²) in [5, 5.41) is 2.90. The van der Waals surface area contributed by atoms with Crippen LogP contribution in [0.15, 0.2) is 24.3 Å². The molecule has 3 N–H and O–H groups in total. The van der Waals surface area contributed by atoms with Crippen LogP contribution in [0.1, 0.15) is 36.5 Å². The highest BCUT2D eigenvalue weighted by Gasteiger charge is 2.42. The molecule has 3 unspecified atom stereocenters. The van der Waals surface area contributed by atoms with Gasteiger partial charge in [-0.15, -0.1) is 0 Å². The maximum atomic E-state index is 12.3. The Labute approximate surface area is 118 Å². The van der Waals surface area contributed by atoms with Crippen molar-refractivity contribution in [2.24, 2.45) is 5.92 Å². The second-order valence-corrected chi connectivity index (χ2v) is 5.59. The topological polar surface area (TPSA) is 70.2 Å². The molecule has 5 heteroatoms. The van der Waals surface area contributed by atoms with E-state index in [9.17, 15) is 9.59 Å². The van der Waals surface area contributed by atoms with Crippen molar-refractivity contribution in [3.8, 4) is 0 Å². The number of amides is 1. The summed E-state index contributed by atoms with van der Waals surface area (Å²) in [4.78, 5) is 23.7. The highest BCUT2D eigenvalue weighted by molar-refractivity contribution is 5.98. The second-order valence-electron chi connectivity index (χ2n) is 5.59. The van der Waals surface area contributed by atoms with E-state index in [0.717, 1.165) is 12.8 Å². The van der Waals surface area contributed by atoms with Gasteiger partial charge in [-0.1, -0.05) is 18.6 Å². The van der Waals surface area contributed by atoms with Crippen molar-refractivity contribution in [2.45, 2.75) is 38.3 Å². The first-order valence-corrected chi connectivity index (χ1v) is 7.08. The Morgan fingerprint density at radius 3 is 2.90 bits per heavy atom. The number of ketones is 1. The van der Waals surface area contributed by atoms with E-state index < -0.39 is 0 Å². The van der Waals surface area contributed by atoms with Gasteiger partial charge in [0, 0.05) is 23.2 Å². The molecule has 2 fully saturated rings. The number of carbonyl (C=O) groups is 2. The maximum absolute atomic E-state index is 12.3. The fourth-order valence-electron chi connectivity index (χ4n) is 3.17. The molecule has 1 amide bonds. The van der Waals surface area contributed by atoms with Crippen molar-refractivity contribution < 1.29 is 9.59 Å². The third-order valence-corrected chi connectivity index (χ3v) is 4.24. The highest BCUT2D eigenvalue weighted by Crippen LogP contribution is 2.31. The number of fused-ring (bicyclic) bond motifs is 1. The van der Waals surface area contributed by atoms with Crippen LogP contribution < -0.4 is 16.2 Å². The van der Waals surface area contributed by atoms with Crippen molar-refractivity contribution in [1.29, 1.82) is 0 Å². The molecule has 2 aliphatic rings. The minimum absolute atomic E-state index is 0.00221. The van der Waals surface area contributed by atoms with Crippen molar-refractivity contribution in [1.82, 2.24) is 10.9 Å². The minimum atomic E-state index is -0.191. The summed E-state index contributed by atoms with van der Waals surface area (Å²) < 4.78 is 0. The van der Waals surface area contributed by atoms with Gasteiger partial charge >= 0.3 is 0 Å². The van der Waals surface area contributed by atoms with Crippen LogP contribution in [-0.4, -0.2) is 23.8 Å². The van der Waals surface area contributed by atoms with Crippen LogP contribution in [0.5, 0.6) is 0 Å². The molecule has 1 aromatic rings. The summed E-state index contributed by atoms with van der Waals surface area (Å²) in [6.45, 7) is 1.52. The van der Waals surface area contributed by atoms with Gasteiger partial charge in [0.15, 0.2) is 5.78 Å². The Morgan fingerprint density at radius 2 is 2.10 bits per heavy atom. The van der Waals surface area contributed by atoms with E-state index in [2.05, 4.69) is 16.2 Å². The molecule has 3 atom stereocenters. The Balaban J connectivity index is 1.70. The van der Waals surface area contributed by atoms with Gasteiger partial charge in [-0.2, -0.15) is 0 Å². The first-order valence-electron chi connectivity index (χ1n) is 7.08. The molecular formula is C15H19N3O2. The summed E-state index contributed by atoms with van der Waals surface area (Å²) in [6.07, 6.45) is 3.38. The zero-order valence-corrected chi connectivity index (χ0v) is 11.5. The Kier molecular flexibility index (Phi) is 3.54. The van der Waals surface area contributed by atoms with Gasteiger partial charge in [-0.25, -0.2) is 5.43 Å². The van der Waals surface area contributed by atoms with Gasteiger partial charge in [-0.05, 0) is 31.9 Å². The van der Waals surface area contributed by atoms with E-state index >= 15 is 0 Å². The number of nitrogens with one attached hydrogen (secondary N) is 3. The Hall–Kier alpha value is -1.72. The summed E-state index contributed by atoms with van der Waals surface area (Å²) >= 11 is 0. The van der Waals surface area contributed by atoms with Crippen LogP contribution in [0.25, 0.3) is 0 Å². The van der Waals surface area contributed by atoms with Crippen molar-refractivity contribution >= 4 is 17.4 Å². The SMILES string of the molecule is CC(=O)c1cccc(NC(=O)C2NNC3CCCC32)c1. The van der Waals surface area contributed by atoms with Gasteiger partial charge in [0.1, 0.15) is 6.04 Å². The first-order chi connectivity index (χ1) is 9.65. The molecule has 1 saturated heterocycles. The van der Waals surface area contributed by atoms with Crippen LogP contribution in [0.4, 0.5) is 5.69 Å². The van der Waals surface area contributed by atoms with E-state index in [1.54, 1.807) is 24.3 Å². The molecule has 0 bridgehead atoms. The smallest absolute Gasteiger partial charge is 0.243 e. The third kappa shape index (κ3) is 2.46. The fraction of sp³-hybridized carbons (Fsp3) is 0.467. The van der Waals surface area contributed by atoms with Crippen molar-refractivity contribution in [3.63, 3.8) is 0 Å². The van der Waals surface area contributed by atoms with Gasteiger partial charge in [-0.3, -0.25) is 15.0 Å². The van der Waals surface area contributed by atoms with Crippen molar-refractivity contribution in [2.75, 3.05) is 5.32 Å². The molecule has 0 radical (unpaired) electrons. The molecule has 20 heavy (non-hydrogen) atoms. The molecule has 1 aliphatic heterocycles. The standard InChI is InChI=1S/C15H19N3O2/c1-9(19)10-4-2-5-11(8-10)16-15(20)14-12-6-3-7-13(12)17-18-14/h2,4-5,8,12-14,17-18H,3,6-7H2,1H3,(H,16,20). The lowest BCUT2D eigenvalue weighted by Gasteiger charge is -2.16. The molecule has 1 heterocycles. The Morgan fingerprint density at radius 1 is 1.25 bits per heavy atom. The van der Waals surface area contributed by atoms with Gasteiger partial charge < -0.3 is 5.32 Å². The summed E-state index contributed by atoms with van der Waals surface area (Å²) in [5.74, 6) is 0.330. The number of hydrazine groups is 1. The molecule has 3 rings (SSSR count). The number of rotatable bonds is 3. The van der Waals surface area contributed by atoms with Gasteiger partial charge in [0.2, 0.25) is 5.91 Å². The van der Waals surface area contributed by atoms with E-state index in [0.29, 0.717) is 23.2 Å². The normalized spacial score (nSPS) is 28.1. The zero-order valence-electron chi connectivity index (χ0n) is 11.5. The number of hydrogen-bond acceptors (Lipinski definition) is 4. The monoisotopic (exact) mass is 273 g/mol. The molecule has 1 aliphatic carbocycles. The van der Waals surface area contributed by atoms with Gasteiger partial charge in [0.05, 0.1) is 0 Å². The first kappa shape index (κ1) is 13.3. The lowest BCUT2D eigenvalue weighted by molar-refractivity contribution is -0.118. The largest absolute Gasteiger partial charge is 0.325 e. The second kappa shape index (κ2) is 5.34.